The van der Waals surface area contributed by atoms with E-state index in [1.807, 2.05) is 30.3 Å². The minimum atomic E-state index is -0.548. The van der Waals surface area contributed by atoms with Crippen LogP contribution in [0.5, 0.6) is 0 Å². The third-order valence-corrected chi connectivity index (χ3v) is 5.45. The summed E-state index contributed by atoms with van der Waals surface area (Å²) in [5.41, 5.74) is 7.00. The van der Waals surface area contributed by atoms with Gasteiger partial charge in [-0.05, 0) is 36.1 Å². The van der Waals surface area contributed by atoms with E-state index in [0.717, 1.165) is 15.7 Å². The third kappa shape index (κ3) is 4.05. The van der Waals surface area contributed by atoms with Gasteiger partial charge in [-0.15, -0.1) is 0 Å². The molecule has 0 atom stereocenters. The van der Waals surface area contributed by atoms with Crippen molar-refractivity contribution in [3.05, 3.63) is 98.3 Å². The molecule has 2 amide bonds. The molecule has 0 radical (unpaired) electrons. The SMILES string of the molecule is NC(=O)c1cccc2c1CCCN2C(=O)Cn1c(=O)ccn(Cc2ccccc2)c1=O. The molecule has 158 valence electrons. The van der Waals surface area contributed by atoms with Crippen molar-refractivity contribution in [1.29, 1.82) is 0 Å². The summed E-state index contributed by atoms with van der Waals surface area (Å²) in [7, 11) is 0. The average molecular weight is 418 g/mol. The summed E-state index contributed by atoms with van der Waals surface area (Å²) < 4.78 is 2.34. The second kappa shape index (κ2) is 8.43. The summed E-state index contributed by atoms with van der Waals surface area (Å²) in [5.74, 6) is -0.937. The number of aromatic nitrogens is 2. The molecule has 0 fully saturated rings. The Morgan fingerprint density at radius 3 is 2.48 bits per heavy atom. The molecule has 1 aliphatic rings. The van der Waals surface area contributed by atoms with Crippen molar-refractivity contribution in [3.8, 4) is 0 Å². The van der Waals surface area contributed by atoms with Crippen molar-refractivity contribution in [2.75, 3.05) is 11.4 Å². The summed E-state index contributed by atoms with van der Waals surface area (Å²) in [6.07, 6.45) is 2.73. The summed E-state index contributed by atoms with van der Waals surface area (Å²) in [6, 6.07) is 15.7. The van der Waals surface area contributed by atoms with Crippen LogP contribution < -0.4 is 21.9 Å². The van der Waals surface area contributed by atoms with Crippen LogP contribution in [0.1, 0.15) is 27.9 Å². The van der Waals surface area contributed by atoms with Crippen molar-refractivity contribution < 1.29 is 9.59 Å². The Morgan fingerprint density at radius 1 is 0.968 bits per heavy atom. The number of carbonyl (C=O) groups excluding carboxylic acids is 2. The average Bonchev–Trinajstić information content (AvgIpc) is 2.78. The molecule has 1 aliphatic heterocycles. The topological polar surface area (TPSA) is 107 Å². The van der Waals surface area contributed by atoms with E-state index in [0.29, 0.717) is 37.2 Å². The van der Waals surface area contributed by atoms with Crippen LogP contribution >= 0.6 is 0 Å². The standard InChI is InChI=1S/C23H22N4O4/c24-22(30)18-8-4-10-19-17(18)9-5-12-26(19)21(29)15-27-20(28)11-13-25(23(27)31)14-16-6-2-1-3-7-16/h1-4,6-8,10-11,13H,5,9,12,14-15H2,(H2,24,30). The molecule has 8 heteroatoms. The highest BCUT2D eigenvalue weighted by Crippen LogP contribution is 2.30. The molecule has 0 saturated heterocycles. The van der Waals surface area contributed by atoms with Crippen LogP contribution in [0.2, 0.25) is 0 Å². The molecule has 0 saturated carbocycles. The molecule has 0 spiro atoms. The molecule has 8 nitrogen and oxygen atoms in total. The van der Waals surface area contributed by atoms with Gasteiger partial charge in [-0.3, -0.25) is 23.5 Å². The van der Waals surface area contributed by atoms with Gasteiger partial charge in [0.05, 0.1) is 6.54 Å². The summed E-state index contributed by atoms with van der Waals surface area (Å²) >= 11 is 0. The first-order valence-electron chi connectivity index (χ1n) is 10.0. The predicted molar refractivity (Wildman–Crippen MR) is 116 cm³/mol. The Labute approximate surface area is 178 Å². The fraction of sp³-hybridized carbons (Fsp3) is 0.217. The number of rotatable bonds is 5. The quantitative estimate of drug-likeness (QED) is 0.670. The number of benzene rings is 2. The van der Waals surface area contributed by atoms with E-state index >= 15 is 0 Å². The molecule has 0 bridgehead atoms. The number of nitrogens with zero attached hydrogens (tertiary/aromatic N) is 3. The normalized spacial score (nSPS) is 13.0. The molecule has 2 aromatic carbocycles. The monoisotopic (exact) mass is 418 g/mol. The largest absolute Gasteiger partial charge is 0.366 e. The van der Waals surface area contributed by atoms with Gasteiger partial charge in [-0.2, -0.15) is 0 Å². The maximum atomic E-state index is 13.1. The van der Waals surface area contributed by atoms with Crippen molar-refractivity contribution >= 4 is 17.5 Å². The van der Waals surface area contributed by atoms with E-state index < -0.39 is 17.2 Å². The zero-order valence-electron chi connectivity index (χ0n) is 16.9. The van der Waals surface area contributed by atoms with Crippen LogP contribution in [-0.4, -0.2) is 27.5 Å². The molecule has 4 rings (SSSR count). The minimum Gasteiger partial charge on any atom is -0.366 e. The Morgan fingerprint density at radius 2 is 1.74 bits per heavy atom. The lowest BCUT2D eigenvalue weighted by molar-refractivity contribution is -0.119. The Bertz CT molecular complexity index is 1260. The molecule has 3 aromatic rings. The first-order valence-corrected chi connectivity index (χ1v) is 10.0. The highest BCUT2D eigenvalue weighted by Gasteiger charge is 2.26. The van der Waals surface area contributed by atoms with Crippen LogP contribution in [0.3, 0.4) is 0 Å². The van der Waals surface area contributed by atoms with Gasteiger partial charge in [-0.1, -0.05) is 36.4 Å². The van der Waals surface area contributed by atoms with Crippen LogP contribution in [0.25, 0.3) is 0 Å². The van der Waals surface area contributed by atoms with Gasteiger partial charge < -0.3 is 10.6 Å². The van der Waals surface area contributed by atoms with Gasteiger partial charge in [0.1, 0.15) is 6.54 Å². The van der Waals surface area contributed by atoms with Crippen molar-refractivity contribution in [2.45, 2.75) is 25.9 Å². The van der Waals surface area contributed by atoms with E-state index in [-0.39, 0.29) is 12.5 Å². The molecule has 1 aromatic heterocycles. The fourth-order valence-corrected chi connectivity index (χ4v) is 3.94. The van der Waals surface area contributed by atoms with Gasteiger partial charge in [0.2, 0.25) is 11.8 Å². The number of carbonyl (C=O) groups is 2. The summed E-state index contributed by atoms with van der Waals surface area (Å²) in [4.78, 5) is 51.6. The lowest BCUT2D eigenvalue weighted by atomic mass is 9.96. The number of fused-ring (bicyclic) bond motifs is 1. The summed E-state index contributed by atoms with van der Waals surface area (Å²) in [6.45, 7) is 0.351. The molecule has 0 unspecified atom stereocenters. The van der Waals surface area contributed by atoms with Gasteiger partial charge >= 0.3 is 5.69 Å². The van der Waals surface area contributed by atoms with Gasteiger partial charge in [-0.25, -0.2) is 4.79 Å². The second-order valence-electron chi connectivity index (χ2n) is 7.45. The molecular weight excluding hydrogens is 396 g/mol. The van der Waals surface area contributed by atoms with Crippen LogP contribution in [0.4, 0.5) is 5.69 Å². The number of hydrogen-bond acceptors (Lipinski definition) is 4. The maximum absolute atomic E-state index is 13.1. The molecule has 31 heavy (non-hydrogen) atoms. The smallest absolute Gasteiger partial charge is 0.331 e. The minimum absolute atomic E-state index is 0.294. The lowest BCUT2D eigenvalue weighted by Gasteiger charge is -2.30. The van der Waals surface area contributed by atoms with E-state index in [9.17, 15) is 19.2 Å². The number of nitrogens with two attached hydrogens (primary N) is 1. The maximum Gasteiger partial charge on any atom is 0.331 e. The number of anilines is 1. The molecule has 2 N–H and O–H groups in total. The Hall–Kier alpha value is -3.94. The lowest BCUT2D eigenvalue weighted by Crippen LogP contribution is -2.45. The van der Waals surface area contributed by atoms with Gasteiger partial charge in [0.25, 0.3) is 5.56 Å². The van der Waals surface area contributed by atoms with Crippen LogP contribution in [0, 0.1) is 0 Å². The zero-order chi connectivity index (χ0) is 22.0. The van der Waals surface area contributed by atoms with Crippen molar-refractivity contribution in [2.24, 2.45) is 5.73 Å². The number of hydrogen-bond donors (Lipinski definition) is 1. The Kier molecular flexibility index (Phi) is 5.53. The number of amides is 2. The highest BCUT2D eigenvalue weighted by molar-refractivity contribution is 6.00. The van der Waals surface area contributed by atoms with Crippen molar-refractivity contribution in [3.63, 3.8) is 0 Å². The summed E-state index contributed by atoms with van der Waals surface area (Å²) in [5, 5.41) is 0. The Balaban J connectivity index is 1.64. The highest BCUT2D eigenvalue weighted by atomic mass is 16.2. The van der Waals surface area contributed by atoms with E-state index in [2.05, 4.69) is 0 Å². The molecular formula is C23H22N4O4. The third-order valence-electron chi connectivity index (χ3n) is 5.45. The van der Waals surface area contributed by atoms with E-state index in [1.165, 1.54) is 21.7 Å². The molecule has 2 heterocycles. The van der Waals surface area contributed by atoms with Gasteiger partial charge in [0.15, 0.2) is 0 Å². The van der Waals surface area contributed by atoms with E-state index in [4.69, 9.17) is 5.73 Å². The first-order chi connectivity index (χ1) is 15.0. The fourth-order valence-electron chi connectivity index (χ4n) is 3.94. The predicted octanol–water partition coefficient (Wildman–Crippen LogP) is 1.14. The first kappa shape index (κ1) is 20.3. The van der Waals surface area contributed by atoms with Gasteiger partial charge in [0, 0.05) is 30.1 Å². The zero-order valence-corrected chi connectivity index (χ0v) is 16.9. The second-order valence-corrected chi connectivity index (χ2v) is 7.45. The van der Waals surface area contributed by atoms with Crippen LogP contribution in [0.15, 0.2) is 70.4 Å². The molecule has 0 aliphatic carbocycles. The number of primary amides is 1. The van der Waals surface area contributed by atoms with E-state index in [1.54, 1.807) is 18.2 Å². The van der Waals surface area contributed by atoms with Crippen LogP contribution in [-0.2, 0) is 24.3 Å². The van der Waals surface area contributed by atoms with Crippen molar-refractivity contribution in [1.82, 2.24) is 9.13 Å².